The van der Waals surface area contributed by atoms with Gasteiger partial charge in [-0.05, 0) is 19.1 Å². The lowest BCUT2D eigenvalue weighted by molar-refractivity contribution is -0.151. The number of halogens is 3. The third-order valence-electron chi connectivity index (χ3n) is 4.28. The summed E-state index contributed by atoms with van der Waals surface area (Å²) in [6.45, 7) is 6.43. The molecule has 0 fully saturated rings. The second-order valence-electron chi connectivity index (χ2n) is 6.03. The maximum absolute atomic E-state index is 13.3. The molecule has 0 saturated heterocycles. The molecule has 0 radical (unpaired) electrons. The lowest BCUT2D eigenvalue weighted by atomic mass is 10.2. The Morgan fingerprint density at radius 1 is 1.38 bits per heavy atom. The van der Waals surface area contributed by atoms with Crippen molar-refractivity contribution in [2.45, 2.75) is 20.0 Å². The van der Waals surface area contributed by atoms with Crippen LogP contribution in [0, 0.1) is 0 Å². The highest BCUT2D eigenvalue weighted by Gasteiger charge is 2.37. The Morgan fingerprint density at radius 2 is 2.00 bits per heavy atom. The minimum atomic E-state index is -4.85. The Hall–Kier alpha value is -2.82. The average molecular weight is 431 g/mol. The second kappa shape index (κ2) is 7.90. The van der Waals surface area contributed by atoms with Gasteiger partial charge in [0.2, 0.25) is 0 Å². The van der Waals surface area contributed by atoms with Crippen molar-refractivity contribution in [3.8, 4) is 0 Å². The van der Waals surface area contributed by atoms with Crippen LogP contribution in [0.4, 0.5) is 13.2 Å². The normalized spacial score (nSPS) is 13.8. The topological polar surface area (TPSA) is 83.2 Å². The fourth-order valence-corrected chi connectivity index (χ4v) is 4.02. The van der Waals surface area contributed by atoms with Gasteiger partial charge in [-0.15, -0.1) is 4.73 Å². The Balaban J connectivity index is 2.96. The van der Waals surface area contributed by atoms with E-state index in [0.717, 1.165) is 7.11 Å². The number of pyridine rings is 1. The Labute approximate surface area is 165 Å². The van der Waals surface area contributed by atoms with Crippen molar-refractivity contribution in [2.75, 3.05) is 12.9 Å². The van der Waals surface area contributed by atoms with E-state index >= 15 is 0 Å². The Morgan fingerprint density at radius 3 is 2.48 bits per heavy atom. The summed E-state index contributed by atoms with van der Waals surface area (Å²) in [5, 5.41) is 0. The second-order valence-corrected chi connectivity index (χ2v) is 8.27. The molecule has 0 atom stereocenters. The molecule has 0 aliphatic heterocycles. The van der Waals surface area contributed by atoms with Crippen molar-refractivity contribution >= 4 is 26.4 Å². The Bertz CT molecular complexity index is 1190. The maximum Gasteiger partial charge on any atom is 0.435 e. The van der Waals surface area contributed by atoms with E-state index in [-0.39, 0.29) is 37.8 Å². The molecule has 0 saturated carbocycles. The summed E-state index contributed by atoms with van der Waals surface area (Å²) in [7, 11) is -1.33. The van der Waals surface area contributed by atoms with Crippen molar-refractivity contribution < 1.29 is 26.4 Å². The van der Waals surface area contributed by atoms with E-state index in [1.165, 1.54) is 43.7 Å². The summed E-state index contributed by atoms with van der Waals surface area (Å²) in [4.78, 5) is 21.3. The van der Waals surface area contributed by atoms with E-state index in [1.54, 1.807) is 0 Å². The zero-order valence-electron chi connectivity index (χ0n) is 16.2. The molecule has 2 aromatic rings. The first kappa shape index (κ1) is 22.5. The molecule has 0 aliphatic carbocycles. The number of aryl methyl sites for hydroxylation is 1. The third-order valence-corrected chi connectivity index (χ3v) is 6.15. The van der Waals surface area contributed by atoms with Crippen LogP contribution in [0.25, 0.3) is 16.6 Å². The molecule has 11 heteroatoms. The lowest BCUT2D eigenvalue weighted by Gasteiger charge is -2.13. The number of imidazole rings is 1. The van der Waals surface area contributed by atoms with E-state index < -0.39 is 27.3 Å². The summed E-state index contributed by atoms with van der Waals surface area (Å²) in [5.41, 5.74) is -2.59. The van der Waals surface area contributed by atoms with Crippen LogP contribution in [0.15, 0.2) is 40.6 Å². The quantitative estimate of drug-likeness (QED) is 0.657. The van der Waals surface area contributed by atoms with Gasteiger partial charge in [0.05, 0.1) is 16.2 Å². The zero-order chi connectivity index (χ0) is 22.1. The van der Waals surface area contributed by atoms with Crippen molar-refractivity contribution in [2.24, 2.45) is 7.05 Å². The predicted octanol–water partition coefficient (Wildman–Crippen LogP) is 2.72. The average Bonchev–Trinajstić information content (AvgIpc) is 2.97. The van der Waals surface area contributed by atoms with Crippen LogP contribution in [0.1, 0.15) is 25.4 Å². The van der Waals surface area contributed by atoms with Gasteiger partial charge in [0.25, 0.3) is 0 Å². The number of fused-ring (bicyclic) bond motifs is 1. The van der Waals surface area contributed by atoms with Crippen LogP contribution in [-0.4, -0.2) is 35.6 Å². The van der Waals surface area contributed by atoms with Crippen molar-refractivity contribution in [3.05, 3.63) is 57.7 Å². The molecule has 0 aliphatic rings. The molecule has 2 heterocycles. The number of rotatable bonds is 6. The Kier molecular flexibility index (Phi) is 6.12. The van der Waals surface area contributed by atoms with Crippen molar-refractivity contribution in [1.29, 1.82) is 0 Å². The summed E-state index contributed by atoms with van der Waals surface area (Å²) in [5.74, 6) is -0.153. The van der Waals surface area contributed by atoms with E-state index in [4.69, 9.17) is 0 Å². The van der Waals surface area contributed by atoms with Gasteiger partial charge in [-0.3, -0.25) is 4.79 Å². The standard InChI is InChI=1S/C18H20F3N3O4S/c1-6-8-9-13(29(26,27)7-2)11(3)16-22-12-10-14(18(19,20)21)24(28-5)17(25)15(12)23(16)4/h6,8-10H,1,7H2,2-5H3/b9-8-,13-11-. The van der Waals surface area contributed by atoms with Crippen LogP contribution >= 0.6 is 0 Å². The number of nitrogens with zero attached hydrogens (tertiary/aromatic N) is 3. The summed E-state index contributed by atoms with van der Waals surface area (Å²) in [6.07, 6.45) is -0.709. The highest BCUT2D eigenvalue weighted by atomic mass is 32.2. The van der Waals surface area contributed by atoms with Crippen LogP contribution in [0.2, 0.25) is 0 Å². The number of allylic oxidation sites excluding steroid dienone is 4. The molecular formula is C18H20F3N3O4S. The predicted molar refractivity (Wildman–Crippen MR) is 104 cm³/mol. The minimum Gasteiger partial charge on any atom is -0.413 e. The van der Waals surface area contributed by atoms with Crippen LogP contribution < -0.4 is 10.4 Å². The molecule has 0 bridgehead atoms. The molecule has 2 aromatic heterocycles. The van der Waals surface area contributed by atoms with E-state index in [1.807, 2.05) is 0 Å². The number of alkyl halides is 3. The molecule has 7 nitrogen and oxygen atoms in total. The molecule has 29 heavy (non-hydrogen) atoms. The number of sulfone groups is 1. The number of hydrogen-bond donors (Lipinski definition) is 0. The summed E-state index contributed by atoms with van der Waals surface area (Å²) in [6, 6.07) is 0.685. The monoisotopic (exact) mass is 431 g/mol. The molecular weight excluding hydrogens is 411 g/mol. The van der Waals surface area contributed by atoms with E-state index in [0.29, 0.717) is 6.07 Å². The van der Waals surface area contributed by atoms with Crippen LogP contribution in [-0.2, 0) is 23.1 Å². The first-order valence-electron chi connectivity index (χ1n) is 8.37. The van der Waals surface area contributed by atoms with Gasteiger partial charge in [-0.1, -0.05) is 25.7 Å². The van der Waals surface area contributed by atoms with Crippen molar-refractivity contribution in [3.63, 3.8) is 0 Å². The number of aromatic nitrogens is 3. The summed E-state index contributed by atoms with van der Waals surface area (Å²) < 4.78 is 66.2. The van der Waals surface area contributed by atoms with Crippen molar-refractivity contribution in [1.82, 2.24) is 14.3 Å². The molecule has 2 rings (SSSR count). The minimum absolute atomic E-state index is 0.0415. The summed E-state index contributed by atoms with van der Waals surface area (Å²) >= 11 is 0. The SMILES string of the molecule is C=C/C=C\C(=C(/C)c1nc2cc(C(F)(F)F)n(OC)c(=O)c2n1C)S(=O)(=O)CC. The molecule has 0 unspecified atom stereocenters. The largest absolute Gasteiger partial charge is 0.435 e. The van der Waals surface area contributed by atoms with Gasteiger partial charge in [-0.2, -0.15) is 13.2 Å². The first-order chi connectivity index (χ1) is 13.4. The van der Waals surface area contributed by atoms with Gasteiger partial charge in [-0.25, -0.2) is 13.4 Å². The van der Waals surface area contributed by atoms with Gasteiger partial charge < -0.3 is 9.40 Å². The molecule has 0 aromatic carbocycles. The first-order valence-corrected chi connectivity index (χ1v) is 10.0. The van der Waals surface area contributed by atoms with Gasteiger partial charge in [0.1, 0.15) is 18.5 Å². The molecule has 0 spiro atoms. The van der Waals surface area contributed by atoms with Crippen LogP contribution in [0.3, 0.4) is 0 Å². The fraction of sp³-hybridized carbons (Fsp3) is 0.333. The fourth-order valence-electron chi connectivity index (χ4n) is 2.86. The van der Waals surface area contributed by atoms with Gasteiger partial charge >= 0.3 is 11.7 Å². The molecule has 0 N–H and O–H groups in total. The molecule has 158 valence electrons. The van der Waals surface area contributed by atoms with Gasteiger partial charge in [0, 0.05) is 12.6 Å². The van der Waals surface area contributed by atoms with Gasteiger partial charge in [0.15, 0.2) is 15.5 Å². The highest BCUT2D eigenvalue weighted by molar-refractivity contribution is 7.95. The zero-order valence-corrected chi connectivity index (χ0v) is 17.1. The molecule has 0 amide bonds. The smallest absolute Gasteiger partial charge is 0.413 e. The van der Waals surface area contributed by atoms with E-state index in [2.05, 4.69) is 16.4 Å². The van der Waals surface area contributed by atoms with E-state index in [9.17, 15) is 26.4 Å². The maximum atomic E-state index is 13.3. The third kappa shape index (κ3) is 4.00. The number of hydrogen-bond acceptors (Lipinski definition) is 5. The lowest BCUT2D eigenvalue weighted by Crippen LogP contribution is -2.32. The van der Waals surface area contributed by atoms with Crippen LogP contribution in [0.5, 0.6) is 0 Å². The highest BCUT2D eigenvalue weighted by Crippen LogP contribution is 2.31.